The van der Waals surface area contributed by atoms with Crippen LogP contribution >= 0.6 is 15.9 Å². The van der Waals surface area contributed by atoms with Crippen molar-refractivity contribution in [3.05, 3.63) is 0 Å². The van der Waals surface area contributed by atoms with Crippen molar-refractivity contribution < 1.29 is 14.6 Å². The highest BCUT2D eigenvalue weighted by Crippen LogP contribution is 1.86. The Morgan fingerprint density at radius 1 is 1.67 bits per heavy atom. The second-order valence-electron chi connectivity index (χ2n) is 1.43. The van der Waals surface area contributed by atoms with E-state index >= 15 is 0 Å². The number of alkyl halides is 1. The number of carbonyl (C=O) groups is 1. The Balaban J connectivity index is 2.97. The van der Waals surface area contributed by atoms with Gasteiger partial charge in [-0.15, -0.1) is 0 Å². The summed E-state index contributed by atoms with van der Waals surface area (Å²) in [5, 5.41) is 8.47. The van der Waals surface area contributed by atoms with Gasteiger partial charge >= 0.3 is 5.97 Å². The van der Waals surface area contributed by atoms with Crippen LogP contribution in [0.25, 0.3) is 0 Å². The average molecular weight is 197 g/mol. The van der Waals surface area contributed by atoms with Crippen molar-refractivity contribution in [3.63, 3.8) is 0 Å². The summed E-state index contributed by atoms with van der Waals surface area (Å²) in [4.78, 5) is 10.3. The molecule has 0 spiro atoms. The van der Waals surface area contributed by atoms with Gasteiger partial charge in [0.25, 0.3) is 0 Å². The molecule has 1 N–H and O–H groups in total. The van der Waals surface area contributed by atoms with Crippen molar-refractivity contribution in [2.24, 2.45) is 0 Å². The molecule has 0 aliphatic heterocycles. The monoisotopic (exact) mass is 196 g/mol. The van der Waals surface area contributed by atoms with Gasteiger partial charge < -0.3 is 9.84 Å². The number of halogens is 1. The summed E-state index contributed by atoms with van der Waals surface area (Å²) in [6.07, 6.45) is 0.513. The maximum absolute atomic E-state index is 10.3. The first-order chi connectivity index (χ1) is 4.31. The van der Waals surface area contributed by atoms with Crippen molar-refractivity contribution in [1.29, 1.82) is 0 Å². The molecular weight excluding hydrogens is 188 g/mol. The van der Waals surface area contributed by atoms with Crippen LogP contribution in [0.4, 0.5) is 0 Å². The number of ether oxygens (including phenoxy) is 1. The fraction of sp³-hybridized carbons (Fsp3) is 0.800. The quantitative estimate of drug-likeness (QED) is 0.400. The van der Waals surface area contributed by atoms with E-state index in [2.05, 4.69) is 20.7 Å². The van der Waals surface area contributed by atoms with Crippen LogP contribution in [0, 0.1) is 0 Å². The van der Waals surface area contributed by atoms with Crippen molar-refractivity contribution in [1.82, 2.24) is 0 Å². The summed E-state index contributed by atoms with van der Waals surface area (Å²) in [5.41, 5.74) is 0. The minimum Gasteiger partial charge on any atom is -0.465 e. The predicted molar refractivity (Wildman–Crippen MR) is 36.5 cm³/mol. The molecule has 0 aromatic heterocycles. The summed E-state index contributed by atoms with van der Waals surface area (Å²) >= 11 is 2.93. The van der Waals surface area contributed by atoms with Crippen LogP contribution < -0.4 is 0 Å². The molecule has 4 heteroatoms. The van der Waals surface area contributed by atoms with Crippen LogP contribution in [0.15, 0.2) is 0 Å². The van der Waals surface area contributed by atoms with E-state index < -0.39 is 0 Å². The lowest BCUT2D eigenvalue weighted by molar-refractivity contribution is -0.140. The number of aliphatic hydroxyl groups is 1. The number of aliphatic hydroxyl groups excluding tert-OH is 1. The molecule has 3 nitrogen and oxygen atoms in total. The van der Waals surface area contributed by atoms with E-state index in [4.69, 9.17) is 5.11 Å². The maximum atomic E-state index is 10.3. The lowest BCUT2D eigenvalue weighted by Gasteiger charge is -1.98. The molecule has 0 aromatic carbocycles. The molecule has 0 amide bonds. The Morgan fingerprint density at radius 2 is 2.33 bits per heavy atom. The zero-order valence-corrected chi connectivity index (χ0v) is 6.56. The van der Waals surface area contributed by atoms with E-state index in [1.54, 1.807) is 0 Å². The van der Waals surface area contributed by atoms with E-state index in [1.807, 2.05) is 0 Å². The molecule has 0 radical (unpaired) electrons. The number of hydrogen-bond acceptors (Lipinski definition) is 3. The Hall–Kier alpha value is -0.0900. The third kappa shape index (κ3) is 5.79. The smallest absolute Gasteiger partial charge is 0.316 e. The molecule has 0 unspecified atom stereocenters. The van der Waals surface area contributed by atoms with Crippen molar-refractivity contribution in [2.45, 2.75) is 6.42 Å². The van der Waals surface area contributed by atoms with Gasteiger partial charge in [0.2, 0.25) is 0 Å². The molecule has 0 fully saturated rings. The van der Waals surface area contributed by atoms with Crippen molar-refractivity contribution in [3.8, 4) is 0 Å². The number of esters is 1. The second kappa shape index (κ2) is 6.04. The molecule has 0 rings (SSSR count). The molecule has 9 heavy (non-hydrogen) atoms. The van der Waals surface area contributed by atoms with Gasteiger partial charge in [-0.05, 0) is 0 Å². The summed E-state index contributed by atoms with van der Waals surface area (Å²) in [6, 6.07) is 0. The van der Waals surface area contributed by atoms with Gasteiger partial charge in [-0.1, -0.05) is 15.9 Å². The lowest BCUT2D eigenvalue weighted by Crippen LogP contribution is -2.07. The maximum Gasteiger partial charge on any atom is 0.316 e. The highest BCUT2D eigenvalue weighted by molar-refractivity contribution is 9.09. The highest BCUT2D eigenvalue weighted by atomic mass is 79.9. The lowest BCUT2D eigenvalue weighted by atomic mass is 10.5. The summed E-state index contributed by atoms with van der Waals surface area (Å²) in [5.74, 6) is -0.288. The molecular formula is C5H9BrO3. The van der Waals surface area contributed by atoms with E-state index in [-0.39, 0.29) is 17.9 Å². The van der Waals surface area contributed by atoms with Crippen LogP contribution in [0.2, 0.25) is 0 Å². The van der Waals surface area contributed by atoms with Gasteiger partial charge in [0.1, 0.15) is 5.33 Å². The minimum atomic E-state index is -0.288. The van der Waals surface area contributed by atoms with Crippen LogP contribution in [0.5, 0.6) is 0 Å². The molecule has 54 valence electrons. The summed E-state index contributed by atoms with van der Waals surface area (Å²) < 4.78 is 4.59. The predicted octanol–water partition coefficient (Wildman–Crippen LogP) is 0.307. The fourth-order valence-corrected chi connectivity index (χ4v) is 0.451. The molecule has 0 saturated carbocycles. The van der Waals surface area contributed by atoms with Crippen molar-refractivity contribution >= 4 is 21.9 Å². The minimum absolute atomic E-state index is 0.0650. The Labute approximate surface area is 62.1 Å². The SMILES string of the molecule is O=C(CBr)OCCCO. The van der Waals surface area contributed by atoms with Crippen LogP contribution in [-0.4, -0.2) is 29.6 Å². The molecule has 0 aromatic rings. The van der Waals surface area contributed by atoms with Crippen LogP contribution in [0.1, 0.15) is 6.42 Å². The van der Waals surface area contributed by atoms with Gasteiger partial charge in [0, 0.05) is 13.0 Å². The first kappa shape index (κ1) is 8.91. The number of hydrogen-bond donors (Lipinski definition) is 1. The van der Waals surface area contributed by atoms with Crippen LogP contribution in [-0.2, 0) is 9.53 Å². The third-order valence-electron chi connectivity index (χ3n) is 0.675. The molecule has 0 bridgehead atoms. The Kier molecular flexibility index (Phi) is 5.98. The summed E-state index contributed by atoms with van der Waals surface area (Å²) in [6.45, 7) is 0.372. The molecule has 0 saturated heterocycles. The first-order valence-corrected chi connectivity index (χ1v) is 3.76. The standard InChI is InChI=1S/C5H9BrO3/c6-4-5(8)9-3-1-2-7/h7H,1-4H2. The van der Waals surface area contributed by atoms with Gasteiger partial charge in [-0.25, -0.2) is 0 Å². The van der Waals surface area contributed by atoms with Gasteiger partial charge in [-0.2, -0.15) is 0 Å². The number of carbonyl (C=O) groups excluding carboxylic acids is 1. The Morgan fingerprint density at radius 3 is 2.78 bits per heavy atom. The van der Waals surface area contributed by atoms with E-state index in [0.717, 1.165) is 0 Å². The number of rotatable bonds is 4. The molecule has 0 aliphatic rings. The zero-order chi connectivity index (χ0) is 7.11. The summed E-state index contributed by atoms with van der Waals surface area (Å²) in [7, 11) is 0. The van der Waals surface area contributed by atoms with E-state index in [0.29, 0.717) is 13.0 Å². The van der Waals surface area contributed by atoms with Gasteiger partial charge in [0.15, 0.2) is 0 Å². The molecule has 0 aliphatic carbocycles. The normalized spacial score (nSPS) is 9.11. The topological polar surface area (TPSA) is 46.5 Å². The second-order valence-corrected chi connectivity index (χ2v) is 1.99. The van der Waals surface area contributed by atoms with E-state index in [9.17, 15) is 4.79 Å². The average Bonchev–Trinajstić information content (AvgIpc) is 1.89. The zero-order valence-electron chi connectivity index (χ0n) is 4.97. The van der Waals surface area contributed by atoms with Crippen molar-refractivity contribution in [2.75, 3.05) is 18.5 Å². The largest absolute Gasteiger partial charge is 0.465 e. The van der Waals surface area contributed by atoms with Gasteiger partial charge in [0.05, 0.1) is 6.61 Å². The Bertz CT molecular complexity index is 84.3. The third-order valence-corrected chi connectivity index (χ3v) is 1.13. The molecule has 0 heterocycles. The first-order valence-electron chi connectivity index (χ1n) is 2.63. The fourth-order valence-electron chi connectivity index (χ4n) is 0.289. The van der Waals surface area contributed by atoms with Gasteiger partial charge in [-0.3, -0.25) is 4.79 Å². The van der Waals surface area contributed by atoms with E-state index in [1.165, 1.54) is 0 Å². The van der Waals surface area contributed by atoms with Crippen LogP contribution in [0.3, 0.4) is 0 Å². The highest BCUT2D eigenvalue weighted by Gasteiger charge is 1.96. The molecule has 0 atom stereocenters.